The number of carbonyl (C=O) groups excluding carboxylic acids is 1. The second-order valence-corrected chi connectivity index (χ2v) is 6.81. The maximum absolute atomic E-state index is 13.5. The van der Waals surface area contributed by atoms with Crippen LogP contribution in [-0.2, 0) is 10.7 Å². The molecule has 2 aromatic heterocycles. The molecule has 2 aromatic rings. The Morgan fingerprint density at radius 3 is 2.40 bits per heavy atom. The number of halogens is 2. The van der Waals surface area contributed by atoms with E-state index in [9.17, 15) is 13.6 Å². The van der Waals surface area contributed by atoms with E-state index in [4.69, 9.17) is 4.74 Å². The van der Waals surface area contributed by atoms with Crippen LogP contribution in [0.5, 0.6) is 0 Å². The minimum absolute atomic E-state index is 0.180. The van der Waals surface area contributed by atoms with Crippen LogP contribution in [-0.4, -0.2) is 21.7 Å². The monoisotopic (exact) mass is 349 g/mol. The van der Waals surface area contributed by atoms with Crippen molar-refractivity contribution in [2.75, 3.05) is 5.32 Å². The van der Waals surface area contributed by atoms with Crippen molar-refractivity contribution < 1.29 is 18.3 Å². The standard InChI is InChI=1S/C18H21F2N3O2/c1-11-14(23-16(24)25-17(2,3)4)6-7-15(22-11)12-8-13(10-21-9-12)18(5,19)20/h6-10H,1-5H3,(H,23,24). The molecule has 0 bridgehead atoms. The van der Waals surface area contributed by atoms with Crippen molar-refractivity contribution >= 4 is 11.8 Å². The van der Waals surface area contributed by atoms with E-state index in [0.29, 0.717) is 22.6 Å². The molecule has 0 saturated heterocycles. The fourth-order valence-corrected chi connectivity index (χ4v) is 2.09. The predicted octanol–water partition coefficient (Wildman–Crippen LogP) is 4.91. The highest BCUT2D eigenvalue weighted by Crippen LogP contribution is 2.29. The SMILES string of the molecule is Cc1nc(-c2cncc(C(C)(F)F)c2)ccc1NC(=O)OC(C)(C)C. The molecule has 0 aliphatic rings. The minimum Gasteiger partial charge on any atom is -0.444 e. The zero-order valence-electron chi connectivity index (χ0n) is 14.9. The van der Waals surface area contributed by atoms with Gasteiger partial charge in [-0.3, -0.25) is 15.3 Å². The molecule has 0 saturated carbocycles. The molecule has 2 rings (SSSR count). The van der Waals surface area contributed by atoms with Gasteiger partial charge in [0.15, 0.2) is 0 Å². The summed E-state index contributed by atoms with van der Waals surface area (Å²) >= 11 is 0. The zero-order valence-corrected chi connectivity index (χ0v) is 14.9. The molecule has 0 radical (unpaired) electrons. The van der Waals surface area contributed by atoms with E-state index < -0.39 is 17.6 Å². The highest BCUT2D eigenvalue weighted by molar-refractivity contribution is 5.85. The highest BCUT2D eigenvalue weighted by atomic mass is 19.3. The molecule has 2 heterocycles. The quantitative estimate of drug-likeness (QED) is 0.855. The molecule has 0 atom stereocenters. The van der Waals surface area contributed by atoms with Crippen LogP contribution < -0.4 is 5.32 Å². The number of amides is 1. The molecule has 134 valence electrons. The van der Waals surface area contributed by atoms with Gasteiger partial charge in [-0.05, 0) is 45.9 Å². The summed E-state index contributed by atoms with van der Waals surface area (Å²) in [6, 6.07) is 4.64. The van der Waals surface area contributed by atoms with Gasteiger partial charge in [-0.1, -0.05) is 0 Å². The lowest BCUT2D eigenvalue weighted by Crippen LogP contribution is -2.27. The van der Waals surface area contributed by atoms with E-state index in [2.05, 4.69) is 15.3 Å². The molecular weight excluding hydrogens is 328 g/mol. The van der Waals surface area contributed by atoms with Gasteiger partial charge >= 0.3 is 6.09 Å². The van der Waals surface area contributed by atoms with Crippen molar-refractivity contribution in [1.29, 1.82) is 0 Å². The summed E-state index contributed by atoms with van der Waals surface area (Å²) in [4.78, 5) is 20.1. The van der Waals surface area contributed by atoms with Crippen molar-refractivity contribution in [3.8, 4) is 11.3 Å². The van der Waals surface area contributed by atoms with Gasteiger partial charge in [-0.2, -0.15) is 0 Å². The van der Waals surface area contributed by atoms with E-state index in [1.54, 1.807) is 39.8 Å². The first-order valence-electron chi connectivity index (χ1n) is 7.77. The number of aryl methyl sites for hydroxylation is 1. The fraction of sp³-hybridized carbons (Fsp3) is 0.389. The number of nitrogens with one attached hydrogen (secondary N) is 1. The number of aromatic nitrogens is 2. The van der Waals surface area contributed by atoms with Crippen LogP contribution in [0.25, 0.3) is 11.3 Å². The van der Waals surface area contributed by atoms with E-state index in [-0.39, 0.29) is 5.56 Å². The summed E-state index contributed by atoms with van der Waals surface area (Å²) in [5, 5.41) is 2.62. The summed E-state index contributed by atoms with van der Waals surface area (Å²) in [7, 11) is 0. The molecule has 0 aromatic carbocycles. The Hall–Kier alpha value is -2.57. The van der Waals surface area contributed by atoms with Crippen LogP contribution in [0.1, 0.15) is 39.0 Å². The number of anilines is 1. The van der Waals surface area contributed by atoms with Crippen LogP contribution in [0.15, 0.2) is 30.6 Å². The van der Waals surface area contributed by atoms with Crippen molar-refractivity contribution in [3.63, 3.8) is 0 Å². The number of carbonyl (C=O) groups is 1. The van der Waals surface area contributed by atoms with E-state index >= 15 is 0 Å². The molecule has 0 unspecified atom stereocenters. The first-order chi connectivity index (χ1) is 11.5. The molecule has 0 aliphatic carbocycles. The first-order valence-corrected chi connectivity index (χ1v) is 7.77. The summed E-state index contributed by atoms with van der Waals surface area (Å²) in [6.07, 6.45) is 2.02. The smallest absolute Gasteiger partial charge is 0.412 e. The Morgan fingerprint density at radius 2 is 1.84 bits per heavy atom. The number of ether oxygens (including phenoxy) is 1. The minimum atomic E-state index is -2.98. The topological polar surface area (TPSA) is 64.1 Å². The van der Waals surface area contributed by atoms with Gasteiger partial charge in [0.2, 0.25) is 0 Å². The second-order valence-electron chi connectivity index (χ2n) is 6.81. The maximum atomic E-state index is 13.5. The van der Waals surface area contributed by atoms with Crippen LogP contribution in [0.2, 0.25) is 0 Å². The number of alkyl halides is 2. The van der Waals surface area contributed by atoms with Crippen LogP contribution in [0.3, 0.4) is 0 Å². The molecule has 1 N–H and O–H groups in total. The van der Waals surface area contributed by atoms with E-state index in [1.807, 2.05) is 0 Å². The molecular formula is C18H21F2N3O2. The van der Waals surface area contributed by atoms with Crippen molar-refractivity contribution in [1.82, 2.24) is 9.97 Å². The summed E-state index contributed by atoms with van der Waals surface area (Å²) in [6.45, 7) is 7.83. The van der Waals surface area contributed by atoms with Gasteiger partial charge in [0.05, 0.1) is 17.1 Å². The molecule has 25 heavy (non-hydrogen) atoms. The van der Waals surface area contributed by atoms with Crippen molar-refractivity contribution in [3.05, 3.63) is 41.9 Å². The Kier molecular flexibility index (Phi) is 5.06. The lowest BCUT2D eigenvalue weighted by atomic mass is 10.1. The highest BCUT2D eigenvalue weighted by Gasteiger charge is 2.25. The Balaban J connectivity index is 2.24. The third-order valence-electron chi connectivity index (χ3n) is 3.26. The van der Waals surface area contributed by atoms with Gasteiger partial charge in [-0.25, -0.2) is 13.6 Å². The Bertz CT molecular complexity index is 781. The average molecular weight is 349 g/mol. The van der Waals surface area contributed by atoms with Gasteiger partial charge < -0.3 is 4.74 Å². The molecule has 0 fully saturated rings. The molecule has 0 spiro atoms. The van der Waals surface area contributed by atoms with Crippen molar-refractivity contribution in [2.45, 2.75) is 46.1 Å². The van der Waals surface area contributed by atoms with E-state index in [1.165, 1.54) is 12.3 Å². The number of rotatable bonds is 3. The average Bonchev–Trinajstić information content (AvgIpc) is 2.46. The Morgan fingerprint density at radius 1 is 1.16 bits per heavy atom. The molecule has 7 heteroatoms. The molecule has 0 aliphatic heterocycles. The van der Waals surface area contributed by atoms with Crippen LogP contribution >= 0.6 is 0 Å². The summed E-state index contributed by atoms with van der Waals surface area (Å²) in [5.41, 5.74) is 1.21. The van der Waals surface area contributed by atoms with Crippen LogP contribution in [0, 0.1) is 6.92 Å². The maximum Gasteiger partial charge on any atom is 0.412 e. The van der Waals surface area contributed by atoms with Gasteiger partial charge in [0.25, 0.3) is 5.92 Å². The summed E-state index contributed by atoms with van der Waals surface area (Å²) < 4.78 is 32.1. The third-order valence-corrected chi connectivity index (χ3v) is 3.26. The van der Waals surface area contributed by atoms with E-state index in [0.717, 1.165) is 13.1 Å². The first kappa shape index (κ1) is 18.8. The number of hydrogen-bond donors (Lipinski definition) is 1. The predicted molar refractivity (Wildman–Crippen MR) is 91.6 cm³/mol. The van der Waals surface area contributed by atoms with Gasteiger partial charge in [0.1, 0.15) is 5.60 Å². The Labute approximate surface area is 145 Å². The van der Waals surface area contributed by atoms with Crippen LogP contribution in [0.4, 0.5) is 19.3 Å². The molecule has 5 nitrogen and oxygen atoms in total. The number of pyridine rings is 2. The number of nitrogens with zero attached hydrogens (tertiary/aromatic N) is 2. The van der Waals surface area contributed by atoms with Gasteiger partial charge in [-0.15, -0.1) is 0 Å². The van der Waals surface area contributed by atoms with Crippen molar-refractivity contribution in [2.24, 2.45) is 0 Å². The normalized spacial score (nSPS) is 12.0. The molecule has 1 amide bonds. The third kappa shape index (κ3) is 5.20. The lowest BCUT2D eigenvalue weighted by molar-refractivity contribution is 0.0171. The second kappa shape index (κ2) is 6.74. The summed E-state index contributed by atoms with van der Waals surface area (Å²) in [5.74, 6) is -2.98. The largest absolute Gasteiger partial charge is 0.444 e. The zero-order chi connectivity index (χ0) is 18.8. The fourth-order valence-electron chi connectivity index (χ4n) is 2.09. The van der Waals surface area contributed by atoms with Gasteiger partial charge in [0, 0.05) is 30.4 Å². The number of hydrogen-bond acceptors (Lipinski definition) is 4. The lowest BCUT2D eigenvalue weighted by Gasteiger charge is -2.20.